The second kappa shape index (κ2) is 5.54. The summed E-state index contributed by atoms with van der Waals surface area (Å²) in [6, 6.07) is 7.54. The molecule has 16 heavy (non-hydrogen) atoms. The molecule has 0 N–H and O–H groups in total. The molecule has 1 atom stereocenters. The molecule has 1 aromatic rings. The molecule has 0 radical (unpaired) electrons. The van der Waals surface area contributed by atoms with Crippen LogP contribution in [0.15, 0.2) is 24.3 Å². The van der Waals surface area contributed by atoms with Crippen molar-refractivity contribution >= 4 is 5.97 Å². The molecular formula is C13H18O3. The minimum atomic E-state index is -0.277. The molecule has 0 amide bonds. The van der Waals surface area contributed by atoms with Crippen LogP contribution in [0.1, 0.15) is 25.3 Å². The number of carbonyl (C=O) groups excluding carboxylic acids is 1. The van der Waals surface area contributed by atoms with Gasteiger partial charge in [-0.25, -0.2) is 0 Å². The molecule has 0 aromatic heterocycles. The molecule has 3 nitrogen and oxygen atoms in total. The maximum Gasteiger partial charge on any atom is 0.313 e. The standard InChI is InChI=1S/C13H18O3/c1-9(2)12(13(14)16-4)10-7-5-6-8-11(10)15-3/h5-9,12H,1-4H3. The van der Waals surface area contributed by atoms with E-state index in [1.165, 1.54) is 7.11 Å². The Morgan fingerprint density at radius 1 is 1.19 bits per heavy atom. The van der Waals surface area contributed by atoms with Gasteiger partial charge in [-0.1, -0.05) is 32.0 Å². The molecule has 1 aromatic carbocycles. The van der Waals surface area contributed by atoms with Gasteiger partial charge in [0.25, 0.3) is 0 Å². The summed E-state index contributed by atoms with van der Waals surface area (Å²) in [5, 5.41) is 0. The van der Waals surface area contributed by atoms with Crippen molar-refractivity contribution in [1.82, 2.24) is 0 Å². The summed E-state index contributed by atoms with van der Waals surface area (Å²) in [7, 11) is 3.01. The lowest BCUT2D eigenvalue weighted by atomic mass is 9.88. The van der Waals surface area contributed by atoms with Gasteiger partial charge in [0.15, 0.2) is 0 Å². The van der Waals surface area contributed by atoms with E-state index >= 15 is 0 Å². The highest BCUT2D eigenvalue weighted by Gasteiger charge is 2.27. The molecule has 0 spiro atoms. The first-order valence-electron chi connectivity index (χ1n) is 5.32. The normalized spacial score (nSPS) is 12.3. The fourth-order valence-corrected chi connectivity index (χ4v) is 1.81. The van der Waals surface area contributed by atoms with Crippen LogP contribution in [-0.2, 0) is 9.53 Å². The highest BCUT2D eigenvalue weighted by atomic mass is 16.5. The van der Waals surface area contributed by atoms with Crippen LogP contribution < -0.4 is 4.74 Å². The van der Waals surface area contributed by atoms with Gasteiger partial charge in [-0.15, -0.1) is 0 Å². The summed E-state index contributed by atoms with van der Waals surface area (Å²) in [6.45, 7) is 3.99. The topological polar surface area (TPSA) is 35.5 Å². The maximum atomic E-state index is 11.7. The Morgan fingerprint density at radius 3 is 2.31 bits per heavy atom. The Labute approximate surface area is 96.4 Å². The number of para-hydroxylation sites is 1. The Balaban J connectivity index is 3.15. The van der Waals surface area contributed by atoms with Gasteiger partial charge in [0.05, 0.1) is 20.1 Å². The SMILES string of the molecule is COC(=O)C(c1ccccc1OC)C(C)C. The average Bonchev–Trinajstić information content (AvgIpc) is 2.29. The highest BCUT2D eigenvalue weighted by Crippen LogP contribution is 2.32. The lowest BCUT2D eigenvalue weighted by Crippen LogP contribution is -2.20. The molecule has 0 fully saturated rings. The first kappa shape index (κ1) is 12.6. The van der Waals surface area contributed by atoms with Crippen molar-refractivity contribution in [2.45, 2.75) is 19.8 Å². The predicted octanol–water partition coefficient (Wildman–Crippen LogP) is 2.61. The largest absolute Gasteiger partial charge is 0.496 e. The molecule has 0 bridgehead atoms. The molecule has 0 heterocycles. The number of esters is 1. The van der Waals surface area contributed by atoms with E-state index in [4.69, 9.17) is 9.47 Å². The van der Waals surface area contributed by atoms with Gasteiger partial charge in [-0.2, -0.15) is 0 Å². The minimum Gasteiger partial charge on any atom is -0.496 e. The summed E-state index contributed by atoms with van der Waals surface area (Å²) in [4.78, 5) is 11.7. The maximum absolute atomic E-state index is 11.7. The summed E-state index contributed by atoms with van der Waals surface area (Å²) in [5.41, 5.74) is 0.881. The lowest BCUT2D eigenvalue weighted by molar-refractivity contribution is -0.143. The second-order valence-corrected chi connectivity index (χ2v) is 3.99. The summed E-state index contributed by atoms with van der Waals surface area (Å²) >= 11 is 0. The van der Waals surface area contributed by atoms with E-state index in [0.29, 0.717) is 0 Å². The number of methoxy groups -OCH3 is 2. The van der Waals surface area contributed by atoms with Gasteiger partial charge in [0.1, 0.15) is 5.75 Å². The lowest BCUT2D eigenvalue weighted by Gasteiger charge is -2.20. The van der Waals surface area contributed by atoms with Crippen LogP contribution in [0.3, 0.4) is 0 Å². The summed E-state index contributed by atoms with van der Waals surface area (Å²) < 4.78 is 10.1. The molecule has 0 aliphatic rings. The number of hydrogen-bond acceptors (Lipinski definition) is 3. The van der Waals surface area contributed by atoms with Crippen molar-refractivity contribution in [1.29, 1.82) is 0 Å². The van der Waals surface area contributed by atoms with E-state index in [-0.39, 0.29) is 17.8 Å². The first-order valence-corrected chi connectivity index (χ1v) is 5.32. The molecule has 0 aliphatic heterocycles. The van der Waals surface area contributed by atoms with Crippen molar-refractivity contribution in [3.63, 3.8) is 0 Å². The molecule has 3 heteroatoms. The third-order valence-electron chi connectivity index (χ3n) is 2.60. The van der Waals surface area contributed by atoms with Crippen molar-refractivity contribution in [2.75, 3.05) is 14.2 Å². The zero-order valence-electron chi connectivity index (χ0n) is 10.2. The molecule has 0 saturated carbocycles. The second-order valence-electron chi connectivity index (χ2n) is 3.99. The van der Waals surface area contributed by atoms with Crippen LogP contribution in [-0.4, -0.2) is 20.2 Å². The molecule has 88 valence electrons. The monoisotopic (exact) mass is 222 g/mol. The first-order chi connectivity index (χ1) is 7.61. The van der Waals surface area contributed by atoms with Gasteiger partial charge in [0, 0.05) is 5.56 Å². The quantitative estimate of drug-likeness (QED) is 0.734. The van der Waals surface area contributed by atoms with E-state index in [1.807, 2.05) is 38.1 Å². The number of rotatable bonds is 4. The third kappa shape index (κ3) is 2.54. The van der Waals surface area contributed by atoms with Crippen LogP contribution in [0.5, 0.6) is 5.75 Å². The van der Waals surface area contributed by atoms with Crippen molar-refractivity contribution in [2.24, 2.45) is 5.92 Å². The Morgan fingerprint density at radius 2 is 1.81 bits per heavy atom. The van der Waals surface area contributed by atoms with E-state index in [0.717, 1.165) is 11.3 Å². The predicted molar refractivity (Wildman–Crippen MR) is 62.6 cm³/mol. The molecule has 1 rings (SSSR count). The highest BCUT2D eigenvalue weighted by molar-refractivity contribution is 5.79. The molecular weight excluding hydrogens is 204 g/mol. The smallest absolute Gasteiger partial charge is 0.313 e. The number of hydrogen-bond donors (Lipinski definition) is 0. The molecule has 0 aliphatic carbocycles. The van der Waals surface area contributed by atoms with Gasteiger partial charge in [0.2, 0.25) is 0 Å². The van der Waals surface area contributed by atoms with Gasteiger partial charge >= 0.3 is 5.97 Å². The number of ether oxygens (including phenoxy) is 2. The Hall–Kier alpha value is -1.51. The van der Waals surface area contributed by atoms with Crippen LogP contribution in [0.4, 0.5) is 0 Å². The minimum absolute atomic E-state index is 0.170. The van der Waals surface area contributed by atoms with Gasteiger partial charge < -0.3 is 9.47 Å². The zero-order valence-corrected chi connectivity index (χ0v) is 10.2. The number of carbonyl (C=O) groups is 1. The Bertz CT molecular complexity index is 358. The molecule has 0 saturated heterocycles. The van der Waals surface area contributed by atoms with E-state index in [2.05, 4.69) is 0 Å². The molecule has 1 unspecified atom stereocenters. The fourth-order valence-electron chi connectivity index (χ4n) is 1.81. The summed E-state index contributed by atoms with van der Waals surface area (Å²) in [6.07, 6.45) is 0. The Kier molecular flexibility index (Phi) is 4.35. The van der Waals surface area contributed by atoms with Crippen LogP contribution in [0.25, 0.3) is 0 Å². The van der Waals surface area contributed by atoms with Crippen molar-refractivity contribution in [3.05, 3.63) is 29.8 Å². The summed E-state index contributed by atoms with van der Waals surface area (Å²) in [5.74, 6) is 0.399. The van der Waals surface area contributed by atoms with E-state index in [1.54, 1.807) is 7.11 Å². The van der Waals surface area contributed by atoms with Crippen molar-refractivity contribution in [3.8, 4) is 5.75 Å². The van der Waals surface area contributed by atoms with Crippen LogP contribution >= 0.6 is 0 Å². The van der Waals surface area contributed by atoms with E-state index in [9.17, 15) is 4.79 Å². The third-order valence-corrected chi connectivity index (χ3v) is 2.60. The van der Waals surface area contributed by atoms with Crippen LogP contribution in [0, 0.1) is 5.92 Å². The van der Waals surface area contributed by atoms with Crippen LogP contribution in [0.2, 0.25) is 0 Å². The van der Waals surface area contributed by atoms with Gasteiger partial charge in [-0.05, 0) is 12.0 Å². The fraction of sp³-hybridized carbons (Fsp3) is 0.462. The average molecular weight is 222 g/mol. The van der Waals surface area contributed by atoms with Gasteiger partial charge in [-0.3, -0.25) is 4.79 Å². The van der Waals surface area contributed by atoms with Crippen molar-refractivity contribution < 1.29 is 14.3 Å². The number of benzene rings is 1. The zero-order chi connectivity index (χ0) is 12.1. The van der Waals surface area contributed by atoms with E-state index < -0.39 is 0 Å².